The Hall–Kier alpha value is -5.59. The second-order valence-electron chi connectivity index (χ2n) is 18.0. The monoisotopic (exact) mass is 884 g/mol. The molecule has 332 valence electrons. The third-order valence-electron chi connectivity index (χ3n) is 13.8. The van der Waals surface area contributed by atoms with Crippen LogP contribution in [-0.2, 0) is 23.7 Å². The van der Waals surface area contributed by atoms with E-state index in [1.54, 1.807) is 31.4 Å². The van der Waals surface area contributed by atoms with E-state index in [2.05, 4.69) is 72.6 Å². The van der Waals surface area contributed by atoms with Gasteiger partial charge < -0.3 is 29.7 Å². The Balaban J connectivity index is 0.789. The van der Waals surface area contributed by atoms with Gasteiger partial charge in [0.2, 0.25) is 23.5 Å². The van der Waals surface area contributed by atoms with Crippen LogP contribution in [0.1, 0.15) is 51.1 Å². The maximum Gasteiger partial charge on any atom is 0.301 e. The predicted octanol–water partition coefficient (Wildman–Crippen LogP) is 5.03. The van der Waals surface area contributed by atoms with Crippen molar-refractivity contribution in [1.82, 2.24) is 39.4 Å². The molecule has 2 atom stereocenters. The van der Waals surface area contributed by atoms with Crippen LogP contribution in [0.2, 0.25) is 5.02 Å². The SMILES string of the molecule is Cn1nc(C2CCC(=O)NC2=O)c2ccc(N3CCN(C(C)(C)N4CCN(c5ncc(Cl)c(Nc6ccc7c(c6)c6c(c(=O)n7C)OCC(F)(F)[C@H](C7CC7)N6)n5)CC4)CC3)cc21. The number of halogens is 3. The van der Waals surface area contributed by atoms with Crippen LogP contribution in [0.3, 0.4) is 0 Å². The molecule has 4 fully saturated rings. The first-order chi connectivity index (χ1) is 30.2. The molecule has 0 spiro atoms. The summed E-state index contributed by atoms with van der Waals surface area (Å²) in [5.74, 6) is -3.44. The van der Waals surface area contributed by atoms with Crippen LogP contribution in [0.4, 0.5) is 37.6 Å². The number of alkyl halides is 2. The number of piperidine rings is 1. The lowest BCUT2D eigenvalue weighted by Crippen LogP contribution is -2.65. The van der Waals surface area contributed by atoms with Crippen LogP contribution in [0.15, 0.2) is 47.4 Å². The molecule has 3 N–H and O–H groups in total. The van der Waals surface area contributed by atoms with Gasteiger partial charge in [0, 0.05) is 95.0 Å². The molecule has 2 amide bonds. The summed E-state index contributed by atoms with van der Waals surface area (Å²) in [5, 5.41) is 15.4. The van der Waals surface area contributed by atoms with Gasteiger partial charge in [-0.1, -0.05) is 11.6 Å². The van der Waals surface area contributed by atoms with Gasteiger partial charge in [0.15, 0.2) is 12.4 Å². The fraction of sp³-hybridized carbons (Fsp3) is 0.500. The molecule has 5 aliphatic rings. The lowest BCUT2D eigenvalue weighted by atomic mass is 9.93. The van der Waals surface area contributed by atoms with E-state index in [0.717, 1.165) is 61.6 Å². The van der Waals surface area contributed by atoms with E-state index < -0.39 is 30.0 Å². The van der Waals surface area contributed by atoms with Gasteiger partial charge in [0.1, 0.15) is 5.02 Å². The van der Waals surface area contributed by atoms with E-state index in [0.29, 0.717) is 72.2 Å². The van der Waals surface area contributed by atoms with Gasteiger partial charge in [-0.25, -0.2) is 13.8 Å². The molecule has 7 heterocycles. The Morgan fingerprint density at radius 3 is 2.30 bits per heavy atom. The molecular formula is C44H51ClF2N12O4. The molecule has 3 aromatic heterocycles. The normalized spacial score (nSPS) is 22.4. The first kappa shape index (κ1) is 41.4. The maximum atomic E-state index is 15.2. The highest BCUT2D eigenvalue weighted by molar-refractivity contribution is 6.33. The number of fused-ring (bicyclic) bond motifs is 4. The number of amides is 2. The average Bonchev–Trinajstić information content (AvgIpc) is 4.08. The summed E-state index contributed by atoms with van der Waals surface area (Å²) in [4.78, 5) is 56.7. The van der Waals surface area contributed by atoms with Crippen molar-refractivity contribution in [3.8, 4) is 5.75 Å². The first-order valence-corrected chi connectivity index (χ1v) is 22.1. The molecule has 1 aliphatic carbocycles. The Morgan fingerprint density at radius 2 is 1.60 bits per heavy atom. The van der Waals surface area contributed by atoms with Crippen molar-refractivity contribution in [3.05, 3.63) is 63.7 Å². The van der Waals surface area contributed by atoms with Crippen LogP contribution in [-0.4, -0.2) is 123 Å². The number of hydrogen-bond acceptors (Lipinski definition) is 13. The number of aromatic nitrogens is 5. The quantitative estimate of drug-likeness (QED) is 0.179. The van der Waals surface area contributed by atoms with Gasteiger partial charge in [-0.05, 0) is 75.4 Å². The molecule has 16 nitrogen and oxygen atoms in total. The van der Waals surface area contributed by atoms with Crippen LogP contribution in [0.5, 0.6) is 5.75 Å². The molecule has 1 saturated carbocycles. The topological polar surface area (TPSA) is 158 Å². The third-order valence-corrected chi connectivity index (χ3v) is 14.1. The number of hydrogen-bond donors (Lipinski definition) is 3. The van der Waals surface area contributed by atoms with E-state index in [1.165, 1.54) is 4.57 Å². The molecule has 3 saturated heterocycles. The Labute approximate surface area is 367 Å². The number of nitrogens with zero attached hydrogens (tertiary/aromatic N) is 9. The summed E-state index contributed by atoms with van der Waals surface area (Å²) < 4.78 is 39.2. The van der Waals surface area contributed by atoms with Crippen molar-refractivity contribution in [2.75, 3.05) is 79.4 Å². The van der Waals surface area contributed by atoms with Crippen LogP contribution in [0.25, 0.3) is 21.8 Å². The van der Waals surface area contributed by atoms with Gasteiger partial charge in [0.05, 0.1) is 46.2 Å². The van der Waals surface area contributed by atoms with Gasteiger partial charge in [-0.15, -0.1) is 0 Å². The number of pyridine rings is 1. The van der Waals surface area contributed by atoms with Crippen molar-refractivity contribution < 1.29 is 23.1 Å². The number of aryl methyl sites for hydroxylation is 2. The van der Waals surface area contributed by atoms with Crippen LogP contribution < -0.4 is 36.0 Å². The van der Waals surface area contributed by atoms with Crippen LogP contribution in [0, 0.1) is 5.92 Å². The fourth-order valence-corrected chi connectivity index (χ4v) is 10.0. The zero-order chi connectivity index (χ0) is 43.9. The summed E-state index contributed by atoms with van der Waals surface area (Å²) in [6.45, 7) is 10.2. The summed E-state index contributed by atoms with van der Waals surface area (Å²) in [6, 6.07) is 10.6. The van der Waals surface area contributed by atoms with Crippen molar-refractivity contribution >= 4 is 74.0 Å². The van der Waals surface area contributed by atoms with E-state index in [-0.39, 0.29) is 34.8 Å². The number of benzene rings is 2. The molecule has 19 heteroatoms. The van der Waals surface area contributed by atoms with Gasteiger partial charge in [-0.3, -0.25) is 34.2 Å². The second-order valence-corrected chi connectivity index (χ2v) is 18.4. The number of anilines is 5. The summed E-state index contributed by atoms with van der Waals surface area (Å²) in [6.07, 6.45) is 3.76. The third kappa shape index (κ3) is 7.48. The zero-order valence-corrected chi connectivity index (χ0v) is 36.5. The number of imide groups is 1. The Bertz CT molecular complexity index is 2710. The van der Waals surface area contributed by atoms with Crippen molar-refractivity contribution in [3.63, 3.8) is 0 Å². The average molecular weight is 885 g/mol. The van der Waals surface area contributed by atoms with E-state index >= 15 is 8.78 Å². The fourth-order valence-electron chi connectivity index (χ4n) is 9.87. The Morgan fingerprint density at radius 1 is 0.889 bits per heavy atom. The predicted molar refractivity (Wildman–Crippen MR) is 238 cm³/mol. The number of carbonyl (C=O) groups excluding carboxylic acids is 2. The largest absolute Gasteiger partial charge is 0.480 e. The minimum atomic E-state index is -3.14. The summed E-state index contributed by atoms with van der Waals surface area (Å²) in [5.41, 5.74) is 3.58. The van der Waals surface area contributed by atoms with Gasteiger partial charge in [0.25, 0.3) is 5.56 Å². The maximum absolute atomic E-state index is 15.2. The van der Waals surface area contributed by atoms with Gasteiger partial charge >= 0.3 is 5.92 Å². The smallest absolute Gasteiger partial charge is 0.301 e. The number of rotatable bonds is 8. The standard InChI is InChI=1S/C44H51ClF2N12O4/c1-43(2,58-17-13-56(14-18-58)27-8-9-28-33(22-27)55(4)53-35(28)29-10-12-34(60)50-40(29)61)59-19-15-57(16-20-59)42-48-23-31(45)39(52-42)49-26-7-11-32-30(21-26)36-37(41(62)54(32)3)63-24-44(46,47)38(51-36)25-5-6-25/h7-9,11,21-23,25,29,38,51H,5-6,10,12-20,24H2,1-4H3,(H,48,49,52)(H,50,60,61)/t29?,38-/m0/s1. The lowest BCUT2D eigenvalue weighted by molar-refractivity contribution is -0.134. The number of nitrogens with one attached hydrogen (secondary N) is 3. The Kier molecular flexibility index (Phi) is 10.2. The molecular weight excluding hydrogens is 834 g/mol. The number of ether oxygens (including phenoxy) is 1. The molecule has 1 unspecified atom stereocenters. The highest BCUT2D eigenvalue weighted by atomic mass is 35.5. The minimum absolute atomic E-state index is 0.111. The number of piperazine rings is 2. The highest BCUT2D eigenvalue weighted by Crippen LogP contribution is 2.46. The molecule has 4 aliphatic heterocycles. The van der Waals surface area contributed by atoms with Crippen molar-refractivity contribution in [2.24, 2.45) is 20.0 Å². The zero-order valence-electron chi connectivity index (χ0n) is 35.8. The van der Waals surface area contributed by atoms with E-state index in [9.17, 15) is 14.4 Å². The first-order valence-electron chi connectivity index (χ1n) is 21.7. The second kappa shape index (κ2) is 15.6. The van der Waals surface area contributed by atoms with E-state index in [4.69, 9.17) is 26.4 Å². The molecule has 5 aromatic rings. The molecule has 0 radical (unpaired) electrons. The lowest BCUT2D eigenvalue weighted by Gasteiger charge is -2.52. The highest BCUT2D eigenvalue weighted by Gasteiger charge is 2.51. The van der Waals surface area contributed by atoms with E-state index in [1.807, 2.05) is 11.7 Å². The molecule has 10 rings (SSSR count). The minimum Gasteiger partial charge on any atom is -0.480 e. The number of carbonyl (C=O) groups is 2. The van der Waals surface area contributed by atoms with Crippen molar-refractivity contribution in [2.45, 2.75) is 63.1 Å². The molecule has 2 aromatic carbocycles. The molecule has 63 heavy (non-hydrogen) atoms. The summed E-state index contributed by atoms with van der Waals surface area (Å²) in [7, 11) is 3.50. The van der Waals surface area contributed by atoms with Gasteiger partial charge in [-0.2, -0.15) is 10.1 Å². The van der Waals surface area contributed by atoms with Crippen LogP contribution >= 0.6 is 11.6 Å². The molecule has 0 bridgehead atoms. The summed E-state index contributed by atoms with van der Waals surface area (Å²) >= 11 is 6.66. The van der Waals surface area contributed by atoms with Crippen molar-refractivity contribution in [1.29, 1.82) is 0 Å².